The normalized spacial score (nSPS) is 21.3. The zero-order valence-electron chi connectivity index (χ0n) is 11.3. The fourth-order valence-corrected chi connectivity index (χ4v) is 2.92. The largest absolute Gasteiger partial charge is 0.355 e. The lowest BCUT2D eigenvalue weighted by Gasteiger charge is -2.32. The minimum absolute atomic E-state index is 0.969. The molecule has 3 nitrogen and oxygen atoms in total. The fourth-order valence-electron chi connectivity index (χ4n) is 2.92. The number of aromatic nitrogens is 2. The Kier molecular flexibility index (Phi) is 3.48. The second-order valence-corrected chi connectivity index (χ2v) is 5.83. The minimum atomic E-state index is 0.969. The van der Waals surface area contributed by atoms with Crippen LogP contribution in [0, 0.1) is 11.8 Å². The lowest BCUT2D eigenvalue weighted by molar-refractivity contribution is 0.363. The van der Waals surface area contributed by atoms with Gasteiger partial charge in [-0.2, -0.15) is 0 Å². The van der Waals surface area contributed by atoms with Gasteiger partial charge in [-0.25, -0.2) is 4.98 Å². The molecule has 1 saturated carbocycles. The maximum atomic E-state index is 4.53. The predicted molar refractivity (Wildman–Crippen MR) is 73.7 cm³/mol. The van der Waals surface area contributed by atoms with E-state index in [0.717, 1.165) is 42.9 Å². The van der Waals surface area contributed by atoms with Crippen molar-refractivity contribution >= 4 is 5.82 Å². The van der Waals surface area contributed by atoms with Gasteiger partial charge in [0.25, 0.3) is 0 Å². The summed E-state index contributed by atoms with van der Waals surface area (Å²) >= 11 is 0. The van der Waals surface area contributed by atoms with Crippen molar-refractivity contribution in [2.24, 2.45) is 11.8 Å². The van der Waals surface area contributed by atoms with Gasteiger partial charge in [0, 0.05) is 13.1 Å². The summed E-state index contributed by atoms with van der Waals surface area (Å²) in [4.78, 5) is 11.4. The molecule has 98 valence electrons. The highest BCUT2D eigenvalue weighted by Crippen LogP contribution is 2.38. The van der Waals surface area contributed by atoms with Crippen LogP contribution in [-0.4, -0.2) is 23.1 Å². The average Bonchev–Trinajstić information content (AvgIpc) is 3.24. The first-order valence-corrected chi connectivity index (χ1v) is 7.41. The summed E-state index contributed by atoms with van der Waals surface area (Å²) in [6, 6.07) is 0. The molecule has 0 bridgehead atoms. The number of nitrogens with zero attached hydrogens (tertiary/aromatic N) is 3. The Morgan fingerprint density at radius 2 is 1.78 bits per heavy atom. The van der Waals surface area contributed by atoms with E-state index in [-0.39, 0.29) is 0 Å². The maximum absolute atomic E-state index is 4.53. The van der Waals surface area contributed by atoms with Gasteiger partial charge in [-0.05, 0) is 37.5 Å². The Morgan fingerprint density at radius 1 is 1.06 bits per heavy atom. The summed E-state index contributed by atoms with van der Waals surface area (Å²) in [6.07, 6.45) is 12.0. The van der Waals surface area contributed by atoms with Crippen LogP contribution in [0.2, 0.25) is 0 Å². The van der Waals surface area contributed by atoms with Crippen LogP contribution in [0.15, 0.2) is 12.4 Å². The van der Waals surface area contributed by atoms with Crippen LogP contribution in [0.25, 0.3) is 0 Å². The molecule has 0 unspecified atom stereocenters. The summed E-state index contributed by atoms with van der Waals surface area (Å²) in [5.74, 6) is 3.11. The van der Waals surface area contributed by atoms with Crippen molar-refractivity contribution in [1.82, 2.24) is 9.97 Å². The molecular formula is C15H23N3. The summed E-state index contributed by atoms with van der Waals surface area (Å²) in [7, 11) is 0. The molecule has 0 N–H and O–H groups in total. The van der Waals surface area contributed by atoms with E-state index in [4.69, 9.17) is 0 Å². The third-order valence-electron chi connectivity index (χ3n) is 4.36. The molecule has 0 aromatic carbocycles. The predicted octanol–water partition coefficient (Wildman–Crippen LogP) is 3.06. The number of hydrogen-bond acceptors (Lipinski definition) is 3. The highest BCUT2D eigenvalue weighted by molar-refractivity contribution is 5.36. The monoisotopic (exact) mass is 245 g/mol. The molecule has 0 atom stereocenters. The zero-order valence-corrected chi connectivity index (χ0v) is 11.3. The smallest absolute Gasteiger partial charge is 0.147 e. The van der Waals surface area contributed by atoms with E-state index in [1.54, 1.807) is 0 Å². The van der Waals surface area contributed by atoms with E-state index in [2.05, 4.69) is 21.8 Å². The van der Waals surface area contributed by atoms with Crippen molar-refractivity contribution in [2.45, 2.75) is 45.4 Å². The van der Waals surface area contributed by atoms with Crippen molar-refractivity contribution in [3.05, 3.63) is 18.1 Å². The van der Waals surface area contributed by atoms with E-state index in [9.17, 15) is 0 Å². The molecule has 2 heterocycles. The molecule has 0 radical (unpaired) electrons. The molecule has 0 spiro atoms. The first-order chi connectivity index (χ1) is 8.85. The molecule has 0 amide bonds. The highest BCUT2D eigenvalue weighted by Gasteiger charge is 2.28. The molecule has 1 aliphatic carbocycles. The minimum Gasteiger partial charge on any atom is -0.355 e. The van der Waals surface area contributed by atoms with Gasteiger partial charge >= 0.3 is 0 Å². The van der Waals surface area contributed by atoms with Crippen molar-refractivity contribution in [2.75, 3.05) is 18.0 Å². The van der Waals surface area contributed by atoms with Crippen molar-refractivity contribution in [1.29, 1.82) is 0 Å². The molecule has 18 heavy (non-hydrogen) atoms. The Bertz CT molecular complexity index is 375. The molecule has 1 aromatic heterocycles. The number of rotatable bonds is 4. The second-order valence-electron chi connectivity index (χ2n) is 5.83. The maximum Gasteiger partial charge on any atom is 0.147 e. The summed E-state index contributed by atoms with van der Waals surface area (Å²) in [5.41, 5.74) is 1.09. The van der Waals surface area contributed by atoms with Gasteiger partial charge in [0.2, 0.25) is 0 Å². The third-order valence-corrected chi connectivity index (χ3v) is 4.36. The van der Waals surface area contributed by atoms with E-state index < -0.39 is 0 Å². The fraction of sp³-hybridized carbons (Fsp3) is 0.733. The quantitative estimate of drug-likeness (QED) is 0.816. The van der Waals surface area contributed by atoms with Crippen LogP contribution in [0.1, 0.15) is 44.7 Å². The molecule has 3 rings (SSSR count). The van der Waals surface area contributed by atoms with Gasteiger partial charge in [0.05, 0.1) is 18.1 Å². The first-order valence-electron chi connectivity index (χ1n) is 7.41. The Hall–Kier alpha value is -1.12. The highest BCUT2D eigenvalue weighted by atomic mass is 15.2. The van der Waals surface area contributed by atoms with Crippen molar-refractivity contribution < 1.29 is 0 Å². The van der Waals surface area contributed by atoms with E-state index in [0.29, 0.717) is 0 Å². The molecule has 1 aliphatic heterocycles. The zero-order chi connectivity index (χ0) is 12.4. The third kappa shape index (κ3) is 2.82. The van der Waals surface area contributed by atoms with E-state index in [1.807, 2.05) is 12.4 Å². The lowest BCUT2D eigenvalue weighted by atomic mass is 9.91. The van der Waals surface area contributed by atoms with E-state index >= 15 is 0 Å². The molecule has 1 aromatic rings. The SMILES string of the molecule is CCc1cnc(N2CCC(CC3CC3)CC2)cn1. The molecule has 1 saturated heterocycles. The van der Waals surface area contributed by atoms with Crippen LogP contribution in [0.5, 0.6) is 0 Å². The van der Waals surface area contributed by atoms with Crippen molar-refractivity contribution in [3.8, 4) is 0 Å². The van der Waals surface area contributed by atoms with Gasteiger partial charge in [-0.3, -0.25) is 4.98 Å². The van der Waals surface area contributed by atoms with Gasteiger partial charge in [-0.1, -0.05) is 19.8 Å². The summed E-state index contributed by atoms with van der Waals surface area (Å²) in [5, 5.41) is 0. The van der Waals surface area contributed by atoms with Crippen LogP contribution < -0.4 is 4.90 Å². The Balaban J connectivity index is 1.54. The number of aryl methyl sites for hydroxylation is 1. The van der Waals surface area contributed by atoms with Crippen LogP contribution in [0.4, 0.5) is 5.82 Å². The standard InChI is InChI=1S/C15H23N3/c1-2-14-10-17-15(11-16-14)18-7-5-13(6-8-18)9-12-3-4-12/h10-13H,2-9H2,1H3. The van der Waals surface area contributed by atoms with Crippen molar-refractivity contribution in [3.63, 3.8) is 0 Å². The van der Waals surface area contributed by atoms with Gasteiger partial charge in [0.1, 0.15) is 5.82 Å². The van der Waals surface area contributed by atoms with Crippen LogP contribution in [0.3, 0.4) is 0 Å². The summed E-state index contributed by atoms with van der Waals surface area (Å²) < 4.78 is 0. The first kappa shape index (κ1) is 11.9. The summed E-state index contributed by atoms with van der Waals surface area (Å²) in [6.45, 7) is 4.45. The van der Waals surface area contributed by atoms with Crippen LogP contribution >= 0.6 is 0 Å². The van der Waals surface area contributed by atoms with Gasteiger partial charge in [-0.15, -0.1) is 0 Å². The van der Waals surface area contributed by atoms with Gasteiger partial charge < -0.3 is 4.90 Å². The molecule has 2 fully saturated rings. The number of piperidine rings is 1. The Labute approximate surface area is 110 Å². The van der Waals surface area contributed by atoms with Crippen LogP contribution in [-0.2, 0) is 6.42 Å². The molecular weight excluding hydrogens is 222 g/mol. The molecule has 2 aliphatic rings. The van der Waals surface area contributed by atoms with Gasteiger partial charge in [0.15, 0.2) is 0 Å². The van der Waals surface area contributed by atoms with E-state index in [1.165, 1.54) is 32.1 Å². The average molecular weight is 245 g/mol. The number of hydrogen-bond donors (Lipinski definition) is 0. The molecule has 3 heteroatoms. The topological polar surface area (TPSA) is 29.0 Å². The number of anilines is 1. The lowest BCUT2D eigenvalue weighted by Crippen LogP contribution is -2.34. The second kappa shape index (κ2) is 5.25. The Morgan fingerprint density at radius 3 is 2.33 bits per heavy atom.